The number of benzene rings is 1. The van der Waals surface area contributed by atoms with E-state index in [1.807, 2.05) is 0 Å². The lowest BCUT2D eigenvalue weighted by Gasteiger charge is -2.35. The highest BCUT2D eigenvalue weighted by molar-refractivity contribution is 5.99. The fourth-order valence-corrected chi connectivity index (χ4v) is 2.59. The summed E-state index contributed by atoms with van der Waals surface area (Å²) in [5, 5.41) is 1.22. The minimum Gasteiger partial charge on any atom is -0.496 e. The van der Waals surface area contributed by atoms with Gasteiger partial charge in [-0.05, 0) is 39.8 Å². The number of methoxy groups -OCH3 is 3. The van der Waals surface area contributed by atoms with Gasteiger partial charge in [-0.1, -0.05) is 6.07 Å². The number of hydrazine groups is 1. The molecule has 0 aliphatic carbocycles. The molecule has 2 amide bonds. The molecule has 0 bridgehead atoms. The van der Waals surface area contributed by atoms with Crippen molar-refractivity contribution in [3.05, 3.63) is 41.1 Å². The number of nitrogens with one attached hydrogen (secondary N) is 1. The van der Waals surface area contributed by atoms with E-state index < -0.39 is 17.4 Å². The normalized spacial score (nSPS) is 10.9. The number of ether oxygens (including phenoxy) is 3. The number of carbonyl (C=O) groups excluding carboxylic acids is 2. The minimum absolute atomic E-state index is 0.0171. The molecule has 9 heteroatoms. The molecule has 0 spiro atoms. The van der Waals surface area contributed by atoms with E-state index in [2.05, 4.69) is 15.4 Å². The molecular weight excluding hydrogens is 376 g/mol. The number of amides is 2. The van der Waals surface area contributed by atoms with Crippen molar-refractivity contribution < 1.29 is 23.8 Å². The van der Waals surface area contributed by atoms with Crippen molar-refractivity contribution in [1.29, 1.82) is 0 Å². The van der Waals surface area contributed by atoms with Crippen LogP contribution in [0.2, 0.25) is 0 Å². The van der Waals surface area contributed by atoms with Gasteiger partial charge in [-0.15, -0.1) is 0 Å². The summed E-state index contributed by atoms with van der Waals surface area (Å²) >= 11 is 0. The van der Waals surface area contributed by atoms with Crippen molar-refractivity contribution in [3.8, 4) is 17.6 Å². The summed E-state index contributed by atoms with van der Waals surface area (Å²) in [6, 6.07) is 6.50. The van der Waals surface area contributed by atoms with Crippen LogP contribution < -0.4 is 19.6 Å². The van der Waals surface area contributed by atoms with Crippen molar-refractivity contribution in [1.82, 2.24) is 20.4 Å². The Morgan fingerprint density at radius 1 is 1.03 bits per heavy atom. The van der Waals surface area contributed by atoms with Gasteiger partial charge in [-0.3, -0.25) is 15.0 Å². The fourth-order valence-electron chi connectivity index (χ4n) is 2.59. The standard InChI is InChI=1S/C20H26N4O5/c1-12-13(9-8-10-15(12)27-5)17(25)23-24(20(2,3)4)18(26)14-11-16(28-6)22-19(21-14)29-7/h8-11H,1-7H3,(H,23,25). The Labute approximate surface area is 170 Å². The number of rotatable bonds is 5. The molecule has 2 aromatic rings. The van der Waals surface area contributed by atoms with Crippen molar-refractivity contribution >= 4 is 11.8 Å². The summed E-state index contributed by atoms with van der Waals surface area (Å²) < 4.78 is 15.4. The van der Waals surface area contributed by atoms with Crippen molar-refractivity contribution in [2.75, 3.05) is 21.3 Å². The summed E-state index contributed by atoms with van der Waals surface area (Å²) in [5.41, 5.74) is 3.02. The highest BCUT2D eigenvalue weighted by Crippen LogP contribution is 2.23. The smallest absolute Gasteiger partial charge is 0.320 e. The number of aromatic nitrogens is 2. The first-order valence-electron chi connectivity index (χ1n) is 8.88. The SMILES string of the molecule is COc1cc(C(=O)N(NC(=O)c2cccc(OC)c2C)C(C)(C)C)nc(OC)n1. The fraction of sp³-hybridized carbons (Fsp3) is 0.400. The molecule has 0 unspecified atom stereocenters. The molecule has 1 aromatic carbocycles. The molecule has 1 N–H and O–H groups in total. The first kappa shape index (κ1) is 21.9. The average molecular weight is 402 g/mol. The zero-order chi connectivity index (χ0) is 21.8. The predicted octanol–water partition coefficient (Wildman–Crippen LogP) is 2.40. The van der Waals surface area contributed by atoms with Gasteiger partial charge in [-0.25, -0.2) is 5.01 Å². The van der Waals surface area contributed by atoms with Crippen LogP contribution in [0.5, 0.6) is 17.6 Å². The monoisotopic (exact) mass is 402 g/mol. The Morgan fingerprint density at radius 2 is 1.72 bits per heavy atom. The molecule has 29 heavy (non-hydrogen) atoms. The van der Waals surface area contributed by atoms with E-state index >= 15 is 0 Å². The molecule has 0 aliphatic heterocycles. The molecular formula is C20H26N4O5. The van der Waals surface area contributed by atoms with Crippen LogP contribution in [0.25, 0.3) is 0 Å². The van der Waals surface area contributed by atoms with Gasteiger partial charge in [0.1, 0.15) is 11.4 Å². The van der Waals surface area contributed by atoms with Crippen LogP contribution in [0.4, 0.5) is 0 Å². The van der Waals surface area contributed by atoms with E-state index in [1.165, 1.54) is 32.4 Å². The summed E-state index contributed by atoms with van der Waals surface area (Å²) in [6.07, 6.45) is 0. The largest absolute Gasteiger partial charge is 0.496 e. The number of nitrogens with zero attached hydrogens (tertiary/aromatic N) is 3. The lowest BCUT2D eigenvalue weighted by molar-refractivity contribution is 0.0352. The number of hydrogen-bond donors (Lipinski definition) is 1. The van der Waals surface area contributed by atoms with E-state index in [0.717, 1.165) is 0 Å². The molecule has 1 aromatic heterocycles. The van der Waals surface area contributed by atoms with E-state index in [4.69, 9.17) is 14.2 Å². The maximum absolute atomic E-state index is 13.2. The Bertz CT molecular complexity index is 886. The molecule has 0 aliphatic rings. The topological polar surface area (TPSA) is 103 Å². The highest BCUT2D eigenvalue weighted by atomic mass is 16.5. The van der Waals surface area contributed by atoms with E-state index in [1.54, 1.807) is 45.9 Å². The second-order valence-corrected chi connectivity index (χ2v) is 7.17. The third-order valence-corrected chi connectivity index (χ3v) is 4.13. The van der Waals surface area contributed by atoms with Crippen LogP contribution in [0, 0.1) is 6.92 Å². The summed E-state index contributed by atoms with van der Waals surface area (Å²) in [4.78, 5) is 34.2. The molecule has 0 saturated carbocycles. The van der Waals surface area contributed by atoms with Crippen LogP contribution in [-0.4, -0.2) is 53.7 Å². The highest BCUT2D eigenvalue weighted by Gasteiger charge is 2.31. The van der Waals surface area contributed by atoms with Crippen LogP contribution in [0.1, 0.15) is 47.2 Å². The third-order valence-electron chi connectivity index (χ3n) is 4.13. The second kappa shape index (κ2) is 8.76. The lowest BCUT2D eigenvalue weighted by atomic mass is 10.1. The zero-order valence-electron chi connectivity index (χ0n) is 17.7. The molecule has 2 rings (SSSR count). The van der Waals surface area contributed by atoms with E-state index in [9.17, 15) is 9.59 Å². The zero-order valence-corrected chi connectivity index (χ0v) is 17.7. The van der Waals surface area contributed by atoms with Crippen LogP contribution in [0.3, 0.4) is 0 Å². The maximum Gasteiger partial charge on any atom is 0.320 e. The van der Waals surface area contributed by atoms with Gasteiger partial charge in [0.25, 0.3) is 11.8 Å². The Kier molecular flexibility index (Phi) is 6.63. The third kappa shape index (κ3) is 4.92. The number of carbonyl (C=O) groups is 2. The van der Waals surface area contributed by atoms with Gasteiger partial charge in [0.15, 0.2) is 0 Å². The molecule has 9 nitrogen and oxygen atoms in total. The first-order chi connectivity index (χ1) is 13.6. The Hall–Kier alpha value is -3.36. The van der Waals surface area contributed by atoms with E-state index in [-0.39, 0.29) is 17.6 Å². The second-order valence-electron chi connectivity index (χ2n) is 7.17. The molecule has 0 atom stereocenters. The Morgan fingerprint density at radius 3 is 2.28 bits per heavy atom. The molecule has 1 heterocycles. The molecule has 0 saturated heterocycles. The van der Waals surface area contributed by atoms with Gasteiger partial charge in [0.05, 0.1) is 26.9 Å². The first-order valence-corrected chi connectivity index (χ1v) is 8.88. The molecule has 156 valence electrons. The summed E-state index contributed by atoms with van der Waals surface area (Å²) in [7, 11) is 4.34. The van der Waals surface area contributed by atoms with Crippen LogP contribution in [-0.2, 0) is 0 Å². The number of hydrogen-bond acceptors (Lipinski definition) is 7. The molecule has 0 radical (unpaired) electrons. The predicted molar refractivity (Wildman–Crippen MR) is 106 cm³/mol. The maximum atomic E-state index is 13.2. The van der Waals surface area contributed by atoms with Crippen molar-refractivity contribution in [3.63, 3.8) is 0 Å². The minimum atomic E-state index is -0.745. The Balaban J connectivity index is 2.41. The van der Waals surface area contributed by atoms with Gasteiger partial charge in [0, 0.05) is 17.2 Å². The van der Waals surface area contributed by atoms with Gasteiger partial charge >= 0.3 is 6.01 Å². The quantitative estimate of drug-likeness (QED) is 0.766. The molecule has 0 fully saturated rings. The summed E-state index contributed by atoms with van der Waals surface area (Å²) in [6.45, 7) is 7.15. The van der Waals surface area contributed by atoms with Crippen LogP contribution >= 0.6 is 0 Å². The van der Waals surface area contributed by atoms with Gasteiger partial charge in [-0.2, -0.15) is 9.97 Å². The van der Waals surface area contributed by atoms with Crippen molar-refractivity contribution in [2.24, 2.45) is 0 Å². The van der Waals surface area contributed by atoms with Crippen molar-refractivity contribution in [2.45, 2.75) is 33.2 Å². The average Bonchev–Trinajstić information content (AvgIpc) is 2.70. The van der Waals surface area contributed by atoms with Gasteiger partial charge < -0.3 is 14.2 Å². The lowest BCUT2D eigenvalue weighted by Crippen LogP contribution is -2.56. The van der Waals surface area contributed by atoms with Crippen LogP contribution in [0.15, 0.2) is 24.3 Å². The van der Waals surface area contributed by atoms with E-state index in [0.29, 0.717) is 16.9 Å². The van der Waals surface area contributed by atoms with Gasteiger partial charge in [0.2, 0.25) is 5.88 Å². The summed E-state index contributed by atoms with van der Waals surface area (Å²) in [5.74, 6) is -0.233.